The molecule has 2 atom stereocenters. The summed E-state index contributed by atoms with van der Waals surface area (Å²) >= 11 is 0. The van der Waals surface area contributed by atoms with E-state index in [1.54, 1.807) is 0 Å². The third kappa shape index (κ3) is 5.12. The van der Waals surface area contributed by atoms with Crippen molar-refractivity contribution in [1.29, 1.82) is 0 Å². The van der Waals surface area contributed by atoms with Crippen molar-refractivity contribution in [2.75, 3.05) is 20.1 Å². The summed E-state index contributed by atoms with van der Waals surface area (Å²) in [6.45, 7) is 9.22. The average molecular weight is 288 g/mol. The fourth-order valence-electron chi connectivity index (χ4n) is 3.24. The SMILES string of the molecule is CC(C)Cc1ccc(C(C)N(C)CC2CCCCN2)cc1. The second-order valence-electron chi connectivity index (χ2n) is 7.10. The Morgan fingerprint density at radius 3 is 2.43 bits per heavy atom. The second kappa shape index (κ2) is 7.95. The van der Waals surface area contributed by atoms with Crippen molar-refractivity contribution in [3.05, 3.63) is 35.4 Å². The molecule has 2 heteroatoms. The molecule has 2 unspecified atom stereocenters. The molecule has 1 fully saturated rings. The topological polar surface area (TPSA) is 15.3 Å². The molecule has 0 saturated carbocycles. The largest absolute Gasteiger partial charge is 0.313 e. The van der Waals surface area contributed by atoms with E-state index in [0.717, 1.165) is 12.5 Å². The van der Waals surface area contributed by atoms with Crippen LogP contribution in [0.1, 0.15) is 57.2 Å². The number of rotatable bonds is 6. The zero-order valence-electron chi connectivity index (χ0n) is 14.2. The molecule has 1 aromatic carbocycles. The predicted molar refractivity (Wildman–Crippen MR) is 91.7 cm³/mol. The minimum atomic E-state index is 0.488. The minimum Gasteiger partial charge on any atom is -0.313 e. The van der Waals surface area contributed by atoms with E-state index in [1.807, 2.05) is 0 Å². The van der Waals surface area contributed by atoms with Crippen LogP contribution in [0.15, 0.2) is 24.3 Å². The highest BCUT2D eigenvalue weighted by atomic mass is 15.1. The van der Waals surface area contributed by atoms with Crippen molar-refractivity contribution in [3.63, 3.8) is 0 Å². The van der Waals surface area contributed by atoms with Crippen LogP contribution in [0.25, 0.3) is 0 Å². The van der Waals surface area contributed by atoms with E-state index in [9.17, 15) is 0 Å². The van der Waals surface area contributed by atoms with Gasteiger partial charge in [-0.3, -0.25) is 4.90 Å². The molecule has 0 spiro atoms. The molecule has 1 aromatic rings. The van der Waals surface area contributed by atoms with Crippen LogP contribution in [0.4, 0.5) is 0 Å². The molecule has 118 valence electrons. The van der Waals surface area contributed by atoms with Crippen molar-refractivity contribution < 1.29 is 0 Å². The van der Waals surface area contributed by atoms with Crippen molar-refractivity contribution >= 4 is 0 Å². The molecule has 0 bridgehead atoms. The van der Waals surface area contributed by atoms with Gasteiger partial charge in [-0.1, -0.05) is 44.5 Å². The molecule has 2 rings (SSSR count). The second-order valence-corrected chi connectivity index (χ2v) is 7.10. The van der Waals surface area contributed by atoms with E-state index in [1.165, 1.54) is 43.4 Å². The van der Waals surface area contributed by atoms with Crippen LogP contribution in [-0.2, 0) is 6.42 Å². The molecule has 0 aromatic heterocycles. The Bertz CT molecular complexity index is 404. The molecular weight excluding hydrogens is 256 g/mol. The Morgan fingerprint density at radius 2 is 1.86 bits per heavy atom. The number of benzene rings is 1. The predicted octanol–water partition coefficient (Wildman–Crippen LogP) is 4.02. The summed E-state index contributed by atoms with van der Waals surface area (Å²) in [5, 5.41) is 3.65. The fourth-order valence-corrected chi connectivity index (χ4v) is 3.24. The average Bonchev–Trinajstić information content (AvgIpc) is 2.47. The lowest BCUT2D eigenvalue weighted by molar-refractivity contribution is 0.214. The molecule has 0 aliphatic carbocycles. The molecule has 1 heterocycles. The quantitative estimate of drug-likeness (QED) is 0.850. The number of likely N-dealkylation sites (N-methyl/N-ethyl adjacent to an activating group) is 1. The summed E-state index contributed by atoms with van der Waals surface area (Å²) in [7, 11) is 2.25. The summed E-state index contributed by atoms with van der Waals surface area (Å²) in [6.07, 6.45) is 5.22. The summed E-state index contributed by atoms with van der Waals surface area (Å²) in [5.41, 5.74) is 2.89. The van der Waals surface area contributed by atoms with E-state index in [0.29, 0.717) is 12.1 Å². The van der Waals surface area contributed by atoms with Gasteiger partial charge < -0.3 is 5.32 Å². The van der Waals surface area contributed by atoms with Crippen LogP contribution >= 0.6 is 0 Å². The van der Waals surface area contributed by atoms with Gasteiger partial charge in [0.1, 0.15) is 0 Å². The maximum atomic E-state index is 3.65. The first-order chi connectivity index (χ1) is 10.1. The Labute approximate surface area is 130 Å². The number of nitrogens with one attached hydrogen (secondary N) is 1. The van der Waals surface area contributed by atoms with Crippen molar-refractivity contribution in [2.45, 2.75) is 58.5 Å². The smallest absolute Gasteiger partial charge is 0.0317 e. The van der Waals surface area contributed by atoms with Gasteiger partial charge in [0.15, 0.2) is 0 Å². The number of hydrogen-bond donors (Lipinski definition) is 1. The minimum absolute atomic E-state index is 0.488. The lowest BCUT2D eigenvalue weighted by Gasteiger charge is -2.32. The number of hydrogen-bond acceptors (Lipinski definition) is 2. The van der Waals surface area contributed by atoms with E-state index in [2.05, 4.69) is 62.3 Å². The molecule has 1 N–H and O–H groups in total. The maximum Gasteiger partial charge on any atom is 0.0317 e. The van der Waals surface area contributed by atoms with E-state index in [-0.39, 0.29) is 0 Å². The van der Waals surface area contributed by atoms with Gasteiger partial charge in [0, 0.05) is 18.6 Å². The first-order valence-corrected chi connectivity index (χ1v) is 8.58. The highest BCUT2D eigenvalue weighted by Gasteiger charge is 2.18. The van der Waals surface area contributed by atoms with Crippen LogP contribution in [0.5, 0.6) is 0 Å². The first-order valence-electron chi connectivity index (χ1n) is 8.58. The maximum absolute atomic E-state index is 3.65. The number of piperidine rings is 1. The van der Waals surface area contributed by atoms with Gasteiger partial charge in [-0.2, -0.15) is 0 Å². The molecule has 1 saturated heterocycles. The molecule has 2 nitrogen and oxygen atoms in total. The summed E-state index contributed by atoms with van der Waals surface area (Å²) in [4.78, 5) is 2.49. The molecule has 0 radical (unpaired) electrons. The van der Waals surface area contributed by atoms with Crippen molar-refractivity contribution in [2.24, 2.45) is 5.92 Å². The summed E-state index contributed by atoms with van der Waals surface area (Å²) < 4.78 is 0. The van der Waals surface area contributed by atoms with E-state index >= 15 is 0 Å². The van der Waals surface area contributed by atoms with Crippen LogP contribution in [0.2, 0.25) is 0 Å². The normalized spacial score (nSPS) is 21.0. The summed E-state index contributed by atoms with van der Waals surface area (Å²) in [6, 6.07) is 10.4. The Morgan fingerprint density at radius 1 is 1.14 bits per heavy atom. The molecule has 1 aliphatic rings. The Hall–Kier alpha value is -0.860. The van der Waals surface area contributed by atoms with Gasteiger partial charge >= 0.3 is 0 Å². The third-order valence-electron chi connectivity index (χ3n) is 4.69. The Kier molecular flexibility index (Phi) is 6.25. The van der Waals surface area contributed by atoms with Gasteiger partial charge in [-0.25, -0.2) is 0 Å². The number of nitrogens with zero attached hydrogens (tertiary/aromatic N) is 1. The third-order valence-corrected chi connectivity index (χ3v) is 4.69. The zero-order valence-corrected chi connectivity index (χ0v) is 14.2. The van der Waals surface area contributed by atoms with Gasteiger partial charge in [-0.05, 0) is 56.8 Å². The van der Waals surface area contributed by atoms with Gasteiger partial charge in [-0.15, -0.1) is 0 Å². The van der Waals surface area contributed by atoms with Gasteiger partial charge in [0.25, 0.3) is 0 Å². The van der Waals surface area contributed by atoms with Gasteiger partial charge in [0.2, 0.25) is 0 Å². The lowest BCUT2D eigenvalue weighted by atomic mass is 9.99. The van der Waals surface area contributed by atoms with Crippen molar-refractivity contribution in [1.82, 2.24) is 10.2 Å². The summed E-state index contributed by atoms with van der Waals surface area (Å²) in [5.74, 6) is 0.730. The molecule has 21 heavy (non-hydrogen) atoms. The molecular formula is C19H32N2. The lowest BCUT2D eigenvalue weighted by Crippen LogP contribution is -2.43. The first kappa shape index (κ1) is 16.5. The van der Waals surface area contributed by atoms with Gasteiger partial charge in [0.05, 0.1) is 0 Å². The van der Waals surface area contributed by atoms with Crippen molar-refractivity contribution in [3.8, 4) is 0 Å². The zero-order chi connectivity index (χ0) is 15.2. The highest BCUT2D eigenvalue weighted by Crippen LogP contribution is 2.21. The van der Waals surface area contributed by atoms with Crippen LogP contribution in [0, 0.1) is 5.92 Å². The van der Waals surface area contributed by atoms with E-state index in [4.69, 9.17) is 0 Å². The molecule has 1 aliphatic heterocycles. The highest BCUT2D eigenvalue weighted by molar-refractivity contribution is 5.25. The van der Waals surface area contributed by atoms with E-state index < -0.39 is 0 Å². The Balaban J connectivity index is 1.90. The standard InChI is InChI=1S/C19H32N2/c1-15(2)13-17-8-10-18(11-9-17)16(3)21(4)14-19-7-5-6-12-20-19/h8-11,15-16,19-20H,5-7,12-14H2,1-4H3. The van der Waals surface area contributed by atoms with Crippen LogP contribution < -0.4 is 5.32 Å². The van der Waals surface area contributed by atoms with Crippen LogP contribution in [-0.4, -0.2) is 31.1 Å². The monoisotopic (exact) mass is 288 g/mol. The molecule has 0 amide bonds. The van der Waals surface area contributed by atoms with Crippen LogP contribution in [0.3, 0.4) is 0 Å². The fraction of sp³-hybridized carbons (Fsp3) is 0.684.